The van der Waals surface area contributed by atoms with Crippen molar-refractivity contribution in [1.82, 2.24) is 0 Å². The van der Waals surface area contributed by atoms with E-state index < -0.39 is 0 Å². The van der Waals surface area contributed by atoms with Crippen molar-refractivity contribution in [3.8, 4) is 0 Å². The zero-order valence-electron chi connectivity index (χ0n) is 10.3. The summed E-state index contributed by atoms with van der Waals surface area (Å²) in [6.07, 6.45) is 0. The van der Waals surface area contributed by atoms with Crippen molar-refractivity contribution in [2.45, 2.75) is 43.9 Å². The third-order valence-corrected chi connectivity index (χ3v) is 4.68. The van der Waals surface area contributed by atoms with E-state index in [0.717, 1.165) is 15.5 Å². The van der Waals surface area contributed by atoms with E-state index in [4.69, 9.17) is 17.3 Å². The van der Waals surface area contributed by atoms with Crippen molar-refractivity contribution in [2.75, 3.05) is 0 Å². The Morgan fingerprint density at radius 2 is 1.81 bits per heavy atom. The fourth-order valence-electron chi connectivity index (χ4n) is 1.23. The van der Waals surface area contributed by atoms with Gasteiger partial charge in [-0.3, -0.25) is 0 Å². The highest BCUT2D eigenvalue weighted by molar-refractivity contribution is 8.00. The van der Waals surface area contributed by atoms with E-state index in [1.54, 1.807) is 0 Å². The van der Waals surface area contributed by atoms with Crippen LogP contribution < -0.4 is 5.73 Å². The summed E-state index contributed by atoms with van der Waals surface area (Å²) in [7, 11) is 0. The minimum Gasteiger partial charge on any atom is -0.324 e. The van der Waals surface area contributed by atoms with E-state index in [9.17, 15) is 0 Å². The van der Waals surface area contributed by atoms with Gasteiger partial charge in [-0.2, -0.15) is 0 Å². The van der Waals surface area contributed by atoms with Crippen LogP contribution in [0.1, 0.15) is 39.3 Å². The molecule has 16 heavy (non-hydrogen) atoms. The van der Waals surface area contributed by atoms with Crippen LogP contribution in [0.4, 0.5) is 0 Å². The van der Waals surface area contributed by atoms with E-state index in [-0.39, 0.29) is 6.04 Å². The predicted molar refractivity (Wildman–Crippen MR) is 74.2 cm³/mol. The number of benzene rings is 1. The Morgan fingerprint density at radius 1 is 1.19 bits per heavy atom. The van der Waals surface area contributed by atoms with Crippen molar-refractivity contribution >= 4 is 23.4 Å². The summed E-state index contributed by atoms with van der Waals surface area (Å²) >= 11 is 8.07. The number of thioether (sulfide) groups is 1. The Morgan fingerprint density at radius 3 is 2.25 bits per heavy atom. The first-order chi connectivity index (χ1) is 7.41. The molecule has 1 aromatic carbocycles. The summed E-state index contributed by atoms with van der Waals surface area (Å²) in [5.41, 5.74) is 6.91. The number of halogens is 1. The SMILES string of the molecule is CC(N)c1ccc(SC(C)C(C)C)c(Cl)c1. The molecule has 0 aliphatic rings. The van der Waals surface area contributed by atoms with E-state index in [1.165, 1.54) is 0 Å². The van der Waals surface area contributed by atoms with Crippen LogP contribution in [0.5, 0.6) is 0 Å². The van der Waals surface area contributed by atoms with Crippen LogP contribution in [-0.2, 0) is 0 Å². The summed E-state index contributed by atoms with van der Waals surface area (Å²) in [5.74, 6) is 0.647. The van der Waals surface area contributed by atoms with Crippen molar-refractivity contribution in [1.29, 1.82) is 0 Å². The maximum Gasteiger partial charge on any atom is 0.0545 e. The van der Waals surface area contributed by atoms with E-state index in [0.29, 0.717) is 11.2 Å². The molecular formula is C13H20ClNS. The highest BCUT2D eigenvalue weighted by Crippen LogP contribution is 2.34. The standard InChI is InChI=1S/C13H20ClNS/c1-8(2)10(4)16-13-6-5-11(9(3)15)7-12(13)14/h5-10H,15H2,1-4H3. The third-order valence-electron chi connectivity index (χ3n) is 2.73. The normalized spacial score (nSPS) is 15.2. The lowest BCUT2D eigenvalue weighted by Crippen LogP contribution is -2.06. The topological polar surface area (TPSA) is 26.0 Å². The molecule has 2 N–H and O–H groups in total. The predicted octanol–water partition coefficient (Wildman–Crippen LogP) is 4.50. The molecule has 0 aliphatic carbocycles. The fraction of sp³-hybridized carbons (Fsp3) is 0.538. The number of hydrogen-bond donors (Lipinski definition) is 1. The third kappa shape index (κ3) is 3.69. The Bertz CT molecular complexity index is 350. The summed E-state index contributed by atoms with van der Waals surface area (Å²) < 4.78 is 0. The largest absolute Gasteiger partial charge is 0.324 e. The van der Waals surface area contributed by atoms with Gasteiger partial charge in [0, 0.05) is 16.2 Å². The smallest absolute Gasteiger partial charge is 0.0545 e. The summed E-state index contributed by atoms with van der Waals surface area (Å²) in [6, 6.07) is 6.15. The monoisotopic (exact) mass is 257 g/mol. The number of hydrogen-bond acceptors (Lipinski definition) is 2. The van der Waals surface area contributed by atoms with Gasteiger partial charge < -0.3 is 5.73 Å². The van der Waals surface area contributed by atoms with Crippen molar-refractivity contribution in [3.05, 3.63) is 28.8 Å². The van der Waals surface area contributed by atoms with Crippen molar-refractivity contribution in [2.24, 2.45) is 11.7 Å². The van der Waals surface area contributed by atoms with Crippen molar-refractivity contribution < 1.29 is 0 Å². The van der Waals surface area contributed by atoms with Gasteiger partial charge >= 0.3 is 0 Å². The van der Waals surface area contributed by atoms with Crippen LogP contribution in [-0.4, -0.2) is 5.25 Å². The molecule has 3 heteroatoms. The molecular weight excluding hydrogens is 238 g/mol. The molecule has 0 aromatic heterocycles. The molecule has 1 rings (SSSR count). The van der Waals surface area contributed by atoms with Gasteiger partial charge in [-0.1, -0.05) is 38.4 Å². The number of rotatable bonds is 4. The molecule has 2 atom stereocenters. The lowest BCUT2D eigenvalue weighted by Gasteiger charge is -2.16. The van der Waals surface area contributed by atoms with Crippen LogP contribution in [0.25, 0.3) is 0 Å². The molecule has 0 bridgehead atoms. The van der Waals surface area contributed by atoms with Gasteiger partial charge in [0.15, 0.2) is 0 Å². The fourth-order valence-corrected chi connectivity index (χ4v) is 2.55. The number of nitrogens with two attached hydrogens (primary N) is 1. The van der Waals surface area contributed by atoms with Gasteiger partial charge in [-0.15, -0.1) is 11.8 Å². The lowest BCUT2D eigenvalue weighted by atomic mass is 10.1. The second-order valence-corrected chi connectivity index (χ2v) is 6.37. The summed E-state index contributed by atoms with van der Waals surface area (Å²) in [6.45, 7) is 8.64. The molecule has 0 amide bonds. The second kappa shape index (κ2) is 5.95. The Kier molecular flexibility index (Phi) is 5.16. The molecule has 0 aliphatic heterocycles. The highest BCUT2D eigenvalue weighted by atomic mass is 35.5. The van der Waals surface area contributed by atoms with Gasteiger partial charge in [-0.05, 0) is 30.5 Å². The van der Waals surface area contributed by atoms with Gasteiger partial charge in [0.25, 0.3) is 0 Å². The van der Waals surface area contributed by atoms with Crippen molar-refractivity contribution in [3.63, 3.8) is 0 Å². The molecule has 1 nitrogen and oxygen atoms in total. The van der Waals surface area contributed by atoms with Crippen LogP contribution in [0, 0.1) is 5.92 Å². The molecule has 0 fully saturated rings. The minimum absolute atomic E-state index is 0.0408. The lowest BCUT2D eigenvalue weighted by molar-refractivity contribution is 0.642. The van der Waals surface area contributed by atoms with E-state index in [2.05, 4.69) is 32.9 Å². The van der Waals surface area contributed by atoms with Crippen LogP contribution in [0.2, 0.25) is 5.02 Å². The molecule has 90 valence electrons. The average Bonchev–Trinajstić information content (AvgIpc) is 2.20. The van der Waals surface area contributed by atoms with Crippen LogP contribution in [0.3, 0.4) is 0 Å². The minimum atomic E-state index is 0.0408. The first-order valence-electron chi connectivity index (χ1n) is 5.63. The summed E-state index contributed by atoms with van der Waals surface area (Å²) in [4.78, 5) is 1.15. The Labute approximate surface area is 108 Å². The van der Waals surface area contributed by atoms with Gasteiger partial charge in [0.1, 0.15) is 0 Å². The van der Waals surface area contributed by atoms with E-state index in [1.807, 2.05) is 24.8 Å². The van der Waals surface area contributed by atoms with Gasteiger partial charge in [0.05, 0.1) is 5.02 Å². The maximum atomic E-state index is 6.25. The quantitative estimate of drug-likeness (QED) is 0.804. The molecule has 0 heterocycles. The Balaban J connectivity index is 2.83. The first kappa shape index (κ1) is 13.9. The molecule has 0 saturated carbocycles. The maximum absolute atomic E-state index is 6.25. The molecule has 0 radical (unpaired) electrons. The molecule has 1 aromatic rings. The zero-order valence-corrected chi connectivity index (χ0v) is 11.9. The molecule has 0 saturated heterocycles. The second-order valence-electron chi connectivity index (χ2n) is 4.55. The highest BCUT2D eigenvalue weighted by Gasteiger charge is 2.12. The van der Waals surface area contributed by atoms with Crippen LogP contribution >= 0.6 is 23.4 Å². The zero-order chi connectivity index (χ0) is 12.3. The molecule has 0 spiro atoms. The van der Waals surface area contributed by atoms with Gasteiger partial charge in [-0.25, -0.2) is 0 Å². The van der Waals surface area contributed by atoms with Crippen LogP contribution in [0.15, 0.2) is 23.1 Å². The van der Waals surface area contributed by atoms with Gasteiger partial charge in [0.2, 0.25) is 0 Å². The Hall–Kier alpha value is -0.180. The first-order valence-corrected chi connectivity index (χ1v) is 6.89. The summed E-state index contributed by atoms with van der Waals surface area (Å²) in [5, 5.41) is 1.38. The molecule has 2 unspecified atom stereocenters. The average molecular weight is 258 g/mol. The van der Waals surface area contributed by atoms with E-state index >= 15 is 0 Å².